The van der Waals surface area contributed by atoms with E-state index < -0.39 is 0 Å². The third-order valence-electron chi connectivity index (χ3n) is 4.91. The summed E-state index contributed by atoms with van der Waals surface area (Å²) < 4.78 is 0. The summed E-state index contributed by atoms with van der Waals surface area (Å²) in [6.45, 7) is 5.86. The molecule has 0 spiro atoms. The van der Waals surface area contributed by atoms with E-state index in [2.05, 4.69) is 73.5 Å². The minimum absolute atomic E-state index is 0.444. The van der Waals surface area contributed by atoms with Crippen LogP contribution in [0.2, 0.25) is 0 Å². The number of rotatable bonds is 6. The summed E-state index contributed by atoms with van der Waals surface area (Å²) in [4.78, 5) is 4.75. The molecule has 3 heteroatoms. The number of benzene rings is 1. The van der Waals surface area contributed by atoms with Crippen molar-refractivity contribution in [2.24, 2.45) is 5.92 Å². The molecule has 1 aliphatic rings. The zero-order valence-electron chi connectivity index (χ0n) is 14.0. The van der Waals surface area contributed by atoms with Crippen molar-refractivity contribution in [1.82, 2.24) is 15.1 Å². The molecule has 2 atom stereocenters. The molecule has 0 bridgehead atoms. The van der Waals surface area contributed by atoms with Gasteiger partial charge in [0.05, 0.1) is 0 Å². The zero-order valence-corrected chi connectivity index (χ0v) is 14.0. The van der Waals surface area contributed by atoms with Crippen LogP contribution in [0.4, 0.5) is 0 Å². The molecular weight excluding hydrogens is 258 g/mol. The molecule has 0 aromatic heterocycles. The Morgan fingerprint density at radius 2 is 1.81 bits per heavy atom. The van der Waals surface area contributed by atoms with Crippen LogP contribution in [0.5, 0.6) is 0 Å². The van der Waals surface area contributed by atoms with Crippen molar-refractivity contribution in [2.45, 2.75) is 31.8 Å². The quantitative estimate of drug-likeness (QED) is 0.868. The van der Waals surface area contributed by atoms with Crippen LogP contribution in [0.25, 0.3) is 0 Å². The fraction of sp³-hybridized carbons (Fsp3) is 0.667. The maximum Gasteiger partial charge on any atom is 0.0466 e. The van der Waals surface area contributed by atoms with Crippen molar-refractivity contribution in [2.75, 3.05) is 40.8 Å². The molecule has 2 rings (SSSR count). The number of hydrogen-bond acceptors (Lipinski definition) is 3. The summed E-state index contributed by atoms with van der Waals surface area (Å²) in [7, 11) is 6.56. The van der Waals surface area contributed by atoms with Gasteiger partial charge in [0.15, 0.2) is 0 Å². The Labute approximate surface area is 130 Å². The first-order valence-electron chi connectivity index (χ1n) is 8.21. The molecule has 0 amide bonds. The van der Waals surface area contributed by atoms with Gasteiger partial charge in [-0.2, -0.15) is 0 Å². The van der Waals surface area contributed by atoms with E-state index in [0.29, 0.717) is 12.1 Å². The molecule has 1 fully saturated rings. The summed E-state index contributed by atoms with van der Waals surface area (Å²) in [6, 6.07) is 11.9. The summed E-state index contributed by atoms with van der Waals surface area (Å²) in [5.74, 6) is 0.819. The number of nitrogens with one attached hydrogen (secondary N) is 1. The van der Waals surface area contributed by atoms with E-state index >= 15 is 0 Å². The minimum Gasteiger partial charge on any atom is -0.312 e. The highest BCUT2D eigenvalue weighted by atomic mass is 15.1. The second-order valence-electron chi connectivity index (χ2n) is 6.73. The predicted molar refractivity (Wildman–Crippen MR) is 90.6 cm³/mol. The van der Waals surface area contributed by atoms with Crippen LogP contribution in [0.15, 0.2) is 30.3 Å². The Kier molecular flexibility index (Phi) is 6.22. The van der Waals surface area contributed by atoms with E-state index in [1.807, 2.05) is 0 Å². The highest BCUT2D eigenvalue weighted by molar-refractivity contribution is 5.19. The van der Waals surface area contributed by atoms with E-state index in [0.717, 1.165) is 12.5 Å². The number of nitrogens with zero attached hydrogens (tertiary/aromatic N) is 2. The van der Waals surface area contributed by atoms with Gasteiger partial charge in [0.25, 0.3) is 0 Å². The highest BCUT2D eigenvalue weighted by Gasteiger charge is 2.23. The first-order valence-corrected chi connectivity index (χ1v) is 8.21. The fourth-order valence-corrected chi connectivity index (χ4v) is 3.27. The van der Waals surface area contributed by atoms with Gasteiger partial charge in [-0.15, -0.1) is 0 Å². The summed E-state index contributed by atoms with van der Waals surface area (Å²) in [5, 5.41) is 3.79. The molecule has 1 heterocycles. The number of likely N-dealkylation sites (N-methyl/N-ethyl adjacent to an activating group) is 1. The van der Waals surface area contributed by atoms with Crippen LogP contribution < -0.4 is 5.32 Å². The summed E-state index contributed by atoms with van der Waals surface area (Å²) >= 11 is 0. The van der Waals surface area contributed by atoms with Crippen LogP contribution in [-0.4, -0.2) is 56.6 Å². The average molecular weight is 289 g/mol. The van der Waals surface area contributed by atoms with Crippen molar-refractivity contribution < 1.29 is 0 Å². The van der Waals surface area contributed by atoms with Gasteiger partial charge in [-0.1, -0.05) is 30.3 Å². The van der Waals surface area contributed by atoms with Gasteiger partial charge in [-0.05, 0) is 65.5 Å². The topological polar surface area (TPSA) is 18.5 Å². The third kappa shape index (κ3) is 4.80. The van der Waals surface area contributed by atoms with Crippen LogP contribution in [0, 0.1) is 5.92 Å². The summed E-state index contributed by atoms with van der Waals surface area (Å²) in [6.07, 6.45) is 2.64. The van der Waals surface area contributed by atoms with Gasteiger partial charge in [-0.25, -0.2) is 0 Å². The molecule has 1 N–H and O–H groups in total. The Morgan fingerprint density at radius 1 is 1.19 bits per heavy atom. The maximum absolute atomic E-state index is 3.79. The van der Waals surface area contributed by atoms with Gasteiger partial charge in [0.1, 0.15) is 0 Å². The lowest BCUT2D eigenvalue weighted by atomic mass is 9.90. The molecule has 0 saturated carbocycles. The largest absolute Gasteiger partial charge is 0.312 e. The molecule has 21 heavy (non-hydrogen) atoms. The van der Waals surface area contributed by atoms with Gasteiger partial charge < -0.3 is 15.1 Å². The molecule has 1 aromatic rings. The minimum atomic E-state index is 0.444. The first-order chi connectivity index (χ1) is 10.1. The number of piperidine rings is 1. The maximum atomic E-state index is 3.79. The van der Waals surface area contributed by atoms with Gasteiger partial charge in [0.2, 0.25) is 0 Å². The lowest BCUT2D eigenvalue weighted by Gasteiger charge is -2.34. The Balaban J connectivity index is 1.87. The second kappa shape index (κ2) is 7.92. The lowest BCUT2D eigenvalue weighted by Crippen LogP contribution is -2.43. The average Bonchev–Trinajstić information content (AvgIpc) is 2.48. The highest BCUT2D eigenvalue weighted by Crippen LogP contribution is 2.21. The third-order valence-corrected chi connectivity index (χ3v) is 4.91. The Morgan fingerprint density at radius 3 is 2.38 bits per heavy atom. The van der Waals surface area contributed by atoms with Crippen LogP contribution in [-0.2, 0) is 0 Å². The summed E-state index contributed by atoms with van der Waals surface area (Å²) in [5.41, 5.74) is 1.39. The van der Waals surface area contributed by atoms with Crippen molar-refractivity contribution in [3.63, 3.8) is 0 Å². The van der Waals surface area contributed by atoms with Crippen molar-refractivity contribution in [1.29, 1.82) is 0 Å². The monoisotopic (exact) mass is 289 g/mol. The van der Waals surface area contributed by atoms with E-state index in [-0.39, 0.29) is 0 Å². The molecular formula is C18H31N3. The second-order valence-corrected chi connectivity index (χ2v) is 6.73. The predicted octanol–water partition coefficient (Wildman–Crippen LogP) is 2.61. The van der Waals surface area contributed by atoms with Crippen molar-refractivity contribution in [3.8, 4) is 0 Å². The SMILES string of the molecule is CC(NCC(c1ccccc1)N(C)C)C1CCN(C)CC1. The van der Waals surface area contributed by atoms with Gasteiger partial charge in [0, 0.05) is 18.6 Å². The van der Waals surface area contributed by atoms with Gasteiger partial charge in [-0.3, -0.25) is 0 Å². The van der Waals surface area contributed by atoms with E-state index in [1.165, 1.54) is 31.5 Å². The van der Waals surface area contributed by atoms with Crippen molar-refractivity contribution in [3.05, 3.63) is 35.9 Å². The van der Waals surface area contributed by atoms with Crippen LogP contribution in [0.3, 0.4) is 0 Å². The number of likely N-dealkylation sites (tertiary alicyclic amines) is 1. The Hall–Kier alpha value is -0.900. The van der Waals surface area contributed by atoms with E-state index in [1.54, 1.807) is 0 Å². The molecule has 3 nitrogen and oxygen atoms in total. The Bertz CT molecular complexity index is 396. The van der Waals surface area contributed by atoms with E-state index in [4.69, 9.17) is 0 Å². The number of hydrogen-bond donors (Lipinski definition) is 1. The molecule has 1 aromatic carbocycles. The molecule has 2 unspecified atom stereocenters. The molecule has 1 saturated heterocycles. The van der Waals surface area contributed by atoms with E-state index in [9.17, 15) is 0 Å². The lowest BCUT2D eigenvalue weighted by molar-refractivity contribution is 0.182. The molecule has 1 aliphatic heterocycles. The molecule has 0 aliphatic carbocycles. The van der Waals surface area contributed by atoms with Gasteiger partial charge >= 0.3 is 0 Å². The zero-order chi connectivity index (χ0) is 15.2. The smallest absolute Gasteiger partial charge is 0.0466 e. The fourth-order valence-electron chi connectivity index (χ4n) is 3.27. The van der Waals surface area contributed by atoms with Crippen LogP contribution in [0.1, 0.15) is 31.4 Å². The molecule has 118 valence electrons. The van der Waals surface area contributed by atoms with Crippen molar-refractivity contribution >= 4 is 0 Å². The standard InChI is InChI=1S/C18H31N3/c1-15(16-10-12-21(4)13-11-16)19-14-18(20(2)3)17-8-6-5-7-9-17/h5-9,15-16,18-19H,10-14H2,1-4H3. The van der Waals surface area contributed by atoms with Crippen LogP contribution >= 0.6 is 0 Å². The first kappa shape index (κ1) is 16.5. The molecule has 0 radical (unpaired) electrons. The normalized spacial score (nSPS) is 20.6.